The fourth-order valence-corrected chi connectivity index (χ4v) is 5.60. The summed E-state index contributed by atoms with van der Waals surface area (Å²) in [4.78, 5) is 13.0. The number of amides is 1. The van der Waals surface area contributed by atoms with Gasteiger partial charge in [-0.3, -0.25) is 4.79 Å². The molecule has 0 bridgehead atoms. The monoisotopic (exact) mass is 408 g/mol. The Morgan fingerprint density at radius 1 is 1.19 bits per heavy atom. The van der Waals surface area contributed by atoms with Gasteiger partial charge in [-0.1, -0.05) is 19.1 Å². The number of sulfonamides is 1. The van der Waals surface area contributed by atoms with Gasteiger partial charge in [0.2, 0.25) is 0 Å². The Balaban J connectivity index is 1.75. The third-order valence-electron chi connectivity index (χ3n) is 4.57. The van der Waals surface area contributed by atoms with Gasteiger partial charge in [0.15, 0.2) is 0 Å². The van der Waals surface area contributed by atoms with Gasteiger partial charge in [0.1, 0.15) is 4.21 Å². The van der Waals surface area contributed by atoms with Crippen LogP contribution in [0.1, 0.15) is 30.6 Å². The Bertz CT molecular complexity index is 885. The van der Waals surface area contributed by atoms with Gasteiger partial charge >= 0.3 is 0 Å². The predicted octanol–water partition coefficient (Wildman–Crippen LogP) is 2.96. The molecule has 0 radical (unpaired) electrons. The van der Waals surface area contributed by atoms with Crippen molar-refractivity contribution in [3.8, 4) is 10.4 Å². The number of hydrogen-bond acceptors (Lipinski definition) is 5. The van der Waals surface area contributed by atoms with Gasteiger partial charge in [0, 0.05) is 29.6 Å². The van der Waals surface area contributed by atoms with E-state index in [1.807, 2.05) is 32.0 Å². The summed E-state index contributed by atoms with van der Waals surface area (Å²) >= 11 is 1.24. The number of carbonyl (C=O) groups is 1. The molecule has 146 valence electrons. The fourth-order valence-electron chi connectivity index (χ4n) is 2.72. The molecule has 1 aromatic carbocycles. The molecule has 0 spiro atoms. The molecule has 1 saturated heterocycles. The number of ether oxygens (including phenoxy) is 1. The zero-order chi connectivity index (χ0) is 19.4. The van der Waals surface area contributed by atoms with E-state index in [9.17, 15) is 13.2 Å². The molecule has 0 unspecified atom stereocenters. The molecule has 2 heterocycles. The quantitative estimate of drug-likeness (QED) is 0.797. The zero-order valence-electron chi connectivity index (χ0n) is 15.5. The SMILES string of the molecule is CC[C@@H](C)NC(=O)c1ccc(-c2ccc(S(=O)(=O)N3CCOCC3)s2)cc1. The molecule has 27 heavy (non-hydrogen) atoms. The molecular weight excluding hydrogens is 384 g/mol. The number of rotatable bonds is 6. The lowest BCUT2D eigenvalue weighted by atomic mass is 10.1. The lowest BCUT2D eigenvalue weighted by Gasteiger charge is -2.25. The lowest BCUT2D eigenvalue weighted by Crippen LogP contribution is -2.40. The number of carbonyl (C=O) groups excluding carboxylic acids is 1. The summed E-state index contributed by atoms with van der Waals surface area (Å²) in [7, 11) is -3.48. The summed E-state index contributed by atoms with van der Waals surface area (Å²) in [5.74, 6) is -0.0994. The van der Waals surface area contributed by atoms with Crippen LogP contribution in [0.25, 0.3) is 10.4 Å². The molecule has 1 amide bonds. The topological polar surface area (TPSA) is 75.7 Å². The van der Waals surface area contributed by atoms with E-state index < -0.39 is 10.0 Å². The van der Waals surface area contributed by atoms with Gasteiger partial charge < -0.3 is 10.1 Å². The molecule has 1 atom stereocenters. The second kappa shape index (κ2) is 8.52. The van der Waals surface area contributed by atoms with Crippen LogP contribution in [0.3, 0.4) is 0 Å². The van der Waals surface area contributed by atoms with E-state index in [2.05, 4.69) is 5.32 Å². The second-order valence-electron chi connectivity index (χ2n) is 6.50. The summed E-state index contributed by atoms with van der Waals surface area (Å²) < 4.78 is 32.5. The first-order valence-corrected chi connectivity index (χ1v) is 11.3. The van der Waals surface area contributed by atoms with Crippen LogP contribution in [0.15, 0.2) is 40.6 Å². The van der Waals surface area contributed by atoms with E-state index >= 15 is 0 Å². The summed E-state index contributed by atoms with van der Waals surface area (Å²) in [6, 6.07) is 10.8. The number of hydrogen-bond donors (Lipinski definition) is 1. The van der Waals surface area contributed by atoms with Crippen LogP contribution < -0.4 is 5.32 Å². The van der Waals surface area contributed by atoms with Gasteiger partial charge in [-0.05, 0) is 43.2 Å². The van der Waals surface area contributed by atoms with Crippen molar-refractivity contribution in [1.82, 2.24) is 9.62 Å². The lowest BCUT2D eigenvalue weighted by molar-refractivity contribution is 0.0731. The third kappa shape index (κ3) is 4.57. The van der Waals surface area contributed by atoms with E-state index in [1.165, 1.54) is 15.6 Å². The summed E-state index contributed by atoms with van der Waals surface area (Å²) in [5, 5.41) is 2.93. The van der Waals surface area contributed by atoms with E-state index in [4.69, 9.17) is 4.74 Å². The summed E-state index contributed by atoms with van der Waals surface area (Å²) in [6.07, 6.45) is 0.874. The molecule has 1 fully saturated rings. The maximum atomic E-state index is 12.7. The summed E-state index contributed by atoms with van der Waals surface area (Å²) in [6.45, 7) is 5.61. The average molecular weight is 409 g/mol. The number of nitrogens with zero attached hydrogens (tertiary/aromatic N) is 1. The molecule has 8 heteroatoms. The Morgan fingerprint density at radius 2 is 1.85 bits per heavy atom. The van der Waals surface area contributed by atoms with Gasteiger partial charge in [-0.25, -0.2) is 8.42 Å². The highest BCUT2D eigenvalue weighted by atomic mass is 32.2. The fraction of sp³-hybridized carbons (Fsp3) is 0.421. The van der Waals surface area contributed by atoms with E-state index in [0.29, 0.717) is 36.1 Å². The molecule has 6 nitrogen and oxygen atoms in total. The molecule has 1 aromatic heterocycles. The minimum Gasteiger partial charge on any atom is -0.379 e. The summed E-state index contributed by atoms with van der Waals surface area (Å²) in [5.41, 5.74) is 1.49. The van der Waals surface area contributed by atoms with Gasteiger partial charge in [-0.15, -0.1) is 11.3 Å². The third-order valence-corrected chi connectivity index (χ3v) is 8.07. The Hall–Kier alpha value is -1.74. The number of benzene rings is 1. The molecular formula is C19H24N2O4S2. The number of morpholine rings is 1. The normalized spacial score (nSPS) is 16.8. The van der Waals surface area contributed by atoms with Gasteiger partial charge in [0.05, 0.1) is 13.2 Å². The van der Waals surface area contributed by atoms with Gasteiger partial charge in [0.25, 0.3) is 15.9 Å². The van der Waals surface area contributed by atoms with Crippen molar-refractivity contribution < 1.29 is 17.9 Å². The van der Waals surface area contributed by atoms with Crippen molar-refractivity contribution in [3.05, 3.63) is 42.0 Å². The largest absolute Gasteiger partial charge is 0.379 e. The van der Waals surface area contributed by atoms with Crippen molar-refractivity contribution in [2.24, 2.45) is 0 Å². The van der Waals surface area contributed by atoms with Crippen molar-refractivity contribution >= 4 is 27.3 Å². The van der Waals surface area contributed by atoms with Crippen molar-refractivity contribution in [2.75, 3.05) is 26.3 Å². The molecule has 2 aromatic rings. The van der Waals surface area contributed by atoms with Crippen molar-refractivity contribution in [1.29, 1.82) is 0 Å². The zero-order valence-corrected chi connectivity index (χ0v) is 17.1. The highest BCUT2D eigenvalue weighted by Gasteiger charge is 2.27. The first-order valence-electron chi connectivity index (χ1n) is 9.01. The number of nitrogens with one attached hydrogen (secondary N) is 1. The Morgan fingerprint density at radius 3 is 2.48 bits per heavy atom. The smallest absolute Gasteiger partial charge is 0.252 e. The maximum absolute atomic E-state index is 12.7. The second-order valence-corrected chi connectivity index (χ2v) is 9.74. The van der Waals surface area contributed by atoms with E-state index in [0.717, 1.165) is 16.9 Å². The van der Waals surface area contributed by atoms with Crippen LogP contribution >= 0.6 is 11.3 Å². The molecule has 3 rings (SSSR count). The Labute approximate surface area is 164 Å². The molecule has 1 aliphatic rings. The molecule has 1 N–H and O–H groups in total. The highest BCUT2D eigenvalue weighted by Crippen LogP contribution is 2.32. The van der Waals surface area contributed by atoms with E-state index in [1.54, 1.807) is 18.2 Å². The molecule has 1 aliphatic heterocycles. The predicted molar refractivity (Wildman–Crippen MR) is 107 cm³/mol. The first-order chi connectivity index (χ1) is 12.9. The Kier molecular flexibility index (Phi) is 6.31. The van der Waals surface area contributed by atoms with Crippen molar-refractivity contribution in [2.45, 2.75) is 30.5 Å². The van der Waals surface area contributed by atoms with Gasteiger partial charge in [-0.2, -0.15) is 4.31 Å². The van der Waals surface area contributed by atoms with Crippen LogP contribution in [0, 0.1) is 0 Å². The van der Waals surface area contributed by atoms with Crippen LogP contribution in [0.4, 0.5) is 0 Å². The van der Waals surface area contributed by atoms with Crippen LogP contribution in [0.5, 0.6) is 0 Å². The van der Waals surface area contributed by atoms with Crippen molar-refractivity contribution in [3.63, 3.8) is 0 Å². The van der Waals surface area contributed by atoms with Crippen LogP contribution in [0.2, 0.25) is 0 Å². The average Bonchev–Trinajstić information content (AvgIpc) is 3.19. The maximum Gasteiger partial charge on any atom is 0.252 e. The first kappa shape index (κ1) is 20.0. The van der Waals surface area contributed by atoms with Crippen LogP contribution in [-0.2, 0) is 14.8 Å². The standard InChI is InChI=1S/C19H24N2O4S2/c1-3-14(2)20-19(22)16-6-4-15(5-7-16)17-8-9-18(26-17)27(23,24)21-10-12-25-13-11-21/h4-9,14H,3,10-13H2,1-2H3,(H,20,22)/t14-/m1/s1. The highest BCUT2D eigenvalue weighted by molar-refractivity contribution is 7.91. The minimum atomic E-state index is -3.48. The van der Waals surface area contributed by atoms with Crippen LogP contribution in [-0.4, -0.2) is 51.0 Å². The van der Waals surface area contributed by atoms with E-state index in [-0.39, 0.29) is 11.9 Å². The molecule has 0 saturated carbocycles. The number of thiophene rings is 1. The minimum absolute atomic E-state index is 0.0994. The molecule has 0 aliphatic carbocycles.